The molecule has 0 fully saturated rings. The first kappa shape index (κ1) is 13.3. The van der Waals surface area contributed by atoms with E-state index in [9.17, 15) is 4.79 Å². The maximum atomic E-state index is 12.0. The molecule has 0 atom stereocenters. The van der Waals surface area contributed by atoms with Crippen molar-refractivity contribution in [2.45, 2.75) is 33.2 Å². The van der Waals surface area contributed by atoms with Crippen LogP contribution in [-0.4, -0.2) is 15.6 Å². The Kier molecular flexibility index (Phi) is 4.75. The summed E-state index contributed by atoms with van der Waals surface area (Å²) < 4.78 is 1.62. The Morgan fingerprint density at radius 2 is 2.18 bits per heavy atom. The van der Waals surface area contributed by atoms with Gasteiger partial charge in [0.2, 0.25) is 0 Å². The molecule has 3 N–H and O–H groups in total. The average Bonchev–Trinajstić information content (AvgIpc) is 2.36. The van der Waals surface area contributed by atoms with Crippen LogP contribution in [0.15, 0.2) is 28.3 Å². The number of hydrogen-bond acceptors (Lipinski definition) is 3. The predicted molar refractivity (Wildman–Crippen MR) is 67.3 cm³/mol. The predicted octanol–water partition coefficient (Wildman–Crippen LogP) is 1.38. The zero-order valence-electron chi connectivity index (χ0n) is 10.3. The fourth-order valence-electron chi connectivity index (χ4n) is 1.75. The van der Waals surface area contributed by atoms with Crippen LogP contribution in [0.25, 0.3) is 0 Å². The van der Waals surface area contributed by atoms with E-state index in [4.69, 9.17) is 10.9 Å². The van der Waals surface area contributed by atoms with E-state index in [2.05, 4.69) is 19.0 Å². The van der Waals surface area contributed by atoms with Gasteiger partial charge in [0, 0.05) is 12.7 Å². The molecule has 0 amide bonds. The first-order valence-corrected chi connectivity index (χ1v) is 5.81. The summed E-state index contributed by atoms with van der Waals surface area (Å²) in [5, 5.41) is 11.5. The molecule has 1 rings (SSSR count). The Morgan fingerprint density at radius 1 is 1.53 bits per heavy atom. The van der Waals surface area contributed by atoms with E-state index < -0.39 is 0 Å². The standard InChI is InChI=1S/C12H19N3O2/c1-3-9(4-2)8-15-7-5-6-10(12(15)16)11(13)14-17/h5-7,9,17H,3-4,8H2,1-2H3,(H2,13,14). The summed E-state index contributed by atoms with van der Waals surface area (Å²) in [5.41, 5.74) is 5.47. The zero-order valence-corrected chi connectivity index (χ0v) is 10.3. The van der Waals surface area contributed by atoms with Crippen LogP contribution >= 0.6 is 0 Å². The van der Waals surface area contributed by atoms with Gasteiger partial charge in [-0.1, -0.05) is 31.8 Å². The van der Waals surface area contributed by atoms with Crippen LogP contribution in [0.3, 0.4) is 0 Å². The third-order valence-corrected chi connectivity index (χ3v) is 3.01. The van der Waals surface area contributed by atoms with Gasteiger partial charge >= 0.3 is 0 Å². The second kappa shape index (κ2) is 6.08. The third-order valence-electron chi connectivity index (χ3n) is 3.01. The van der Waals surface area contributed by atoms with Gasteiger partial charge in [-0.05, 0) is 18.1 Å². The van der Waals surface area contributed by atoms with Gasteiger partial charge < -0.3 is 15.5 Å². The van der Waals surface area contributed by atoms with Crippen molar-refractivity contribution in [3.05, 3.63) is 34.2 Å². The molecule has 0 unspecified atom stereocenters. The Labute approximate surface area is 101 Å². The molecule has 17 heavy (non-hydrogen) atoms. The zero-order chi connectivity index (χ0) is 12.8. The normalized spacial score (nSPS) is 12.1. The quantitative estimate of drug-likeness (QED) is 0.351. The number of aromatic nitrogens is 1. The molecular formula is C12H19N3O2. The molecule has 0 aliphatic rings. The fourth-order valence-corrected chi connectivity index (χ4v) is 1.75. The highest BCUT2D eigenvalue weighted by Gasteiger charge is 2.10. The summed E-state index contributed by atoms with van der Waals surface area (Å²) in [6.45, 7) is 4.87. The Bertz CT molecular complexity index is 447. The Hall–Kier alpha value is -1.78. The average molecular weight is 237 g/mol. The molecule has 0 aliphatic carbocycles. The number of hydrogen-bond donors (Lipinski definition) is 2. The highest BCUT2D eigenvalue weighted by atomic mass is 16.4. The third kappa shape index (κ3) is 3.09. The first-order chi connectivity index (χ1) is 8.13. The maximum Gasteiger partial charge on any atom is 0.261 e. The van der Waals surface area contributed by atoms with Gasteiger partial charge in [0.05, 0.1) is 5.56 Å². The van der Waals surface area contributed by atoms with Crippen LogP contribution in [0.4, 0.5) is 0 Å². The summed E-state index contributed by atoms with van der Waals surface area (Å²) in [5.74, 6) is 0.323. The van der Waals surface area contributed by atoms with Crippen LogP contribution in [-0.2, 0) is 6.54 Å². The molecule has 94 valence electrons. The van der Waals surface area contributed by atoms with Crippen LogP contribution < -0.4 is 11.3 Å². The van der Waals surface area contributed by atoms with Crippen molar-refractivity contribution >= 4 is 5.84 Å². The van der Waals surface area contributed by atoms with Gasteiger partial charge in [-0.25, -0.2) is 0 Å². The maximum absolute atomic E-state index is 12.0. The lowest BCUT2D eigenvalue weighted by molar-refractivity contribution is 0.318. The number of oxime groups is 1. The minimum absolute atomic E-state index is 0.145. The Morgan fingerprint density at radius 3 is 2.71 bits per heavy atom. The topological polar surface area (TPSA) is 80.6 Å². The monoisotopic (exact) mass is 237 g/mol. The van der Waals surface area contributed by atoms with Gasteiger partial charge in [-0.3, -0.25) is 4.79 Å². The van der Waals surface area contributed by atoms with Crippen LogP contribution in [0.5, 0.6) is 0 Å². The minimum atomic E-state index is -0.213. The molecule has 0 saturated carbocycles. The number of pyridine rings is 1. The summed E-state index contributed by atoms with van der Waals surface area (Å²) in [6.07, 6.45) is 3.78. The van der Waals surface area contributed by atoms with Crippen LogP contribution in [0.1, 0.15) is 32.3 Å². The number of amidine groups is 1. The van der Waals surface area contributed by atoms with Crippen molar-refractivity contribution < 1.29 is 5.21 Å². The SMILES string of the molecule is CCC(CC)Cn1cccc(/C(N)=N/O)c1=O. The lowest BCUT2D eigenvalue weighted by Crippen LogP contribution is -2.31. The van der Waals surface area contributed by atoms with Gasteiger partial charge in [-0.2, -0.15) is 0 Å². The van der Waals surface area contributed by atoms with E-state index in [1.807, 2.05) is 0 Å². The van der Waals surface area contributed by atoms with Crippen LogP contribution in [0, 0.1) is 5.92 Å². The highest BCUT2D eigenvalue weighted by molar-refractivity contribution is 5.96. The van der Waals surface area contributed by atoms with E-state index in [0.29, 0.717) is 12.5 Å². The summed E-state index contributed by atoms with van der Waals surface area (Å²) >= 11 is 0. The van der Waals surface area contributed by atoms with E-state index >= 15 is 0 Å². The molecular weight excluding hydrogens is 218 g/mol. The Balaban J connectivity index is 3.07. The second-order valence-corrected chi connectivity index (χ2v) is 4.05. The van der Waals surface area contributed by atoms with Gasteiger partial charge in [0.15, 0.2) is 5.84 Å². The summed E-state index contributed by atoms with van der Waals surface area (Å²) in [4.78, 5) is 12.0. The number of rotatable bonds is 5. The largest absolute Gasteiger partial charge is 0.409 e. The van der Waals surface area contributed by atoms with Crippen molar-refractivity contribution in [1.29, 1.82) is 0 Å². The smallest absolute Gasteiger partial charge is 0.261 e. The minimum Gasteiger partial charge on any atom is -0.409 e. The van der Waals surface area contributed by atoms with Crippen molar-refractivity contribution in [3.63, 3.8) is 0 Å². The molecule has 1 heterocycles. The van der Waals surface area contributed by atoms with E-state index in [-0.39, 0.29) is 17.0 Å². The molecule has 0 bridgehead atoms. The highest BCUT2D eigenvalue weighted by Crippen LogP contribution is 2.09. The van der Waals surface area contributed by atoms with Gasteiger partial charge in [-0.15, -0.1) is 0 Å². The van der Waals surface area contributed by atoms with Crippen molar-refractivity contribution in [2.75, 3.05) is 0 Å². The second-order valence-electron chi connectivity index (χ2n) is 4.05. The number of nitrogens with zero attached hydrogens (tertiary/aromatic N) is 2. The van der Waals surface area contributed by atoms with Gasteiger partial charge in [0.1, 0.15) is 0 Å². The van der Waals surface area contributed by atoms with Gasteiger partial charge in [0.25, 0.3) is 5.56 Å². The lowest BCUT2D eigenvalue weighted by atomic mass is 10.0. The molecule has 0 radical (unpaired) electrons. The van der Waals surface area contributed by atoms with E-state index in [1.54, 1.807) is 22.9 Å². The van der Waals surface area contributed by atoms with Crippen molar-refractivity contribution in [3.8, 4) is 0 Å². The molecule has 0 aromatic carbocycles. The summed E-state index contributed by atoms with van der Waals surface area (Å²) in [6, 6.07) is 3.29. The molecule has 0 aliphatic heterocycles. The van der Waals surface area contributed by atoms with E-state index in [0.717, 1.165) is 12.8 Å². The molecule has 1 aromatic rings. The molecule has 0 spiro atoms. The molecule has 0 saturated heterocycles. The molecule has 5 heteroatoms. The lowest BCUT2D eigenvalue weighted by Gasteiger charge is -2.14. The summed E-state index contributed by atoms with van der Waals surface area (Å²) in [7, 11) is 0. The fraction of sp³-hybridized carbons (Fsp3) is 0.500. The van der Waals surface area contributed by atoms with Crippen molar-refractivity contribution in [1.82, 2.24) is 4.57 Å². The number of nitrogens with two attached hydrogens (primary N) is 1. The van der Waals surface area contributed by atoms with E-state index in [1.165, 1.54) is 0 Å². The van der Waals surface area contributed by atoms with Crippen LogP contribution in [0.2, 0.25) is 0 Å². The van der Waals surface area contributed by atoms with Crippen molar-refractivity contribution in [2.24, 2.45) is 16.8 Å². The first-order valence-electron chi connectivity index (χ1n) is 5.81. The molecule has 1 aromatic heterocycles. The molecule has 5 nitrogen and oxygen atoms in total.